The van der Waals surface area contributed by atoms with Crippen LogP contribution in [-0.2, 0) is 4.79 Å². The number of urea groups is 1. The molecule has 2 aliphatic heterocycles. The molecule has 3 amide bonds. The fraction of sp³-hybridized carbons (Fsp3) is 0.652. The van der Waals surface area contributed by atoms with E-state index in [0.29, 0.717) is 25.0 Å². The van der Waals surface area contributed by atoms with E-state index in [1.807, 2.05) is 36.1 Å². The van der Waals surface area contributed by atoms with Crippen molar-refractivity contribution in [3.8, 4) is 5.75 Å². The second kappa shape index (κ2) is 8.64. The van der Waals surface area contributed by atoms with Gasteiger partial charge in [0, 0.05) is 37.8 Å². The molecule has 158 valence electrons. The van der Waals surface area contributed by atoms with E-state index < -0.39 is 0 Å². The zero-order valence-electron chi connectivity index (χ0n) is 17.5. The van der Waals surface area contributed by atoms with Crippen molar-refractivity contribution in [1.82, 2.24) is 9.80 Å². The van der Waals surface area contributed by atoms with E-state index in [2.05, 4.69) is 10.2 Å². The zero-order chi connectivity index (χ0) is 20.3. The summed E-state index contributed by atoms with van der Waals surface area (Å²) in [5, 5.41) is 3.00. The van der Waals surface area contributed by atoms with Gasteiger partial charge in [0.1, 0.15) is 5.75 Å². The average Bonchev–Trinajstić information content (AvgIpc) is 3.27. The van der Waals surface area contributed by atoms with Crippen LogP contribution in [0.4, 0.5) is 10.5 Å². The number of hydrogen-bond donors (Lipinski definition) is 1. The number of carbonyl (C=O) groups excluding carboxylic acids is 2. The second-order valence-corrected chi connectivity index (χ2v) is 8.83. The minimum Gasteiger partial charge on any atom is -0.494 e. The summed E-state index contributed by atoms with van der Waals surface area (Å²) >= 11 is 0. The summed E-state index contributed by atoms with van der Waals surface area (Å²) in [7, 11) is 0. The fourth-order valence-corrected chi connectivity index (χ4v) is 5.19. The molecule has 4 rings (SSSR count). The van der Waals surface area contributed by atoms with Gasteiger partial charge >= 0.3 is 6.03 Å². The van der Waals surface area contributed by atoms with Crippen LogP contribution in [0.2, 0.25) is 0 Å². The normalized spacial score (nSPS) is 22.2. The minimum absolute atomic E-state index is 0.0384. The Kier molecular flexibility index (Phi) is 5.97. The monoisotopic (exact) mass is 399 g/mol. The lowest BCUT2D eigenvalue weighted by atomic mass is 9.72. The van der Waals surface area contributed by atoms with E-state index in [-0.39, 0.29) is 11.4 Å². The first-order valence-electron chi connectivity index (χ1n) is 11.2. The summed E-state index contributed by atoms with van der Waals surface area (Å²) in [6.07, 6.45) is 8.46. The topological polar surface area (TPSA) is 61.9 Å². The molecule has 6 nitrogen and oxygen atoms in total. The van der Waals surface area contributed by atoms with Gasteiger partial charge in [-0.05, 0) is 68.7 Å². The first-order valence-corrected chi connectivity index (χ1v) is 11.2. The van der Waals surface area contributed by atoms with E-state index in [9.17, 15) is 9.59 Å². The Hall–Kier alpha value is -2.24. The minimum atomic E-state index is -0.0384. The lowest BCUT2D eigenvalue weighted by Gasteiger charge is -2.49. The molecule has 3 aliphatic rings. The van der Waals surface area contributed by atoms with Gasteiger partial charge in [0.15, 0.2) is 0 Å². The van der Waals surface area contributed by atoms with Gasteiger partial charge in [0.05, 0.1) is 6.61 Å². The van der Waals surface area contributed by atoms with Crippen LogP contribution >= 0.6 is 0 Å². The molecule has 1 aromatic rings. The van der Waals surface area contributed by atoms with Crippen molar-refractivity contribution in [2.75, 3.05) is 31.6 Å². The van der Waals surface area contributed by atoms with Crippen LogP contribution in [0.25, 0.3) is 0 Å². The van der Waals surface area contributed by atoms with Crippen LogP contribution < -0.4 is 10.1 Å². The molecular formula is C23H33N3O3. The van der Waals surface area contributed by atoms with E-state index in [4.69, 9.17) is 4.74 Å². The molecule has 29 heavy (non-hydrogen) atoms. The molecule has 2 heterocycles. The van der Waals surface area contributed by atoms with Gasteiger partial charge in [-0.15, -0.1) is 0 Å². The number of carbonyl (C=O) groups is 2. The smallest absolute Gasteiger partial charge is 0.321 e. The lowest BCUT2D eigenvalue weighted by molar-refractivity contribution is -0.141. The maximum absolute atomic E-state index is 12.7. The van der Waals surface area contributed by atoms with Crippen LogP contribution in [0, 0.1) is 5.41 Å². The summed E-state index contributed by atoms with van der Waals surface area (Å²) in [4.78, 5) is 29.3. The number of nitrogens with zero attached hydrogens (tertiary/aromatic N) is 2. The molecule has 2 saturated heterocycles. The Balaban J connectivity index is 1.31. The van der Waals surface area contributed by atoms with E-state index in [0.717, 1.165) is 50.3 Å². The van der Waals surface area contributed by atoms with Crippen LogP contribution in [-0.4, -0.2) is 54.0 Å². The summed E-state index contributed by atoms with van der Waals surface area (Å²) in [5.74, 6) is 1.15. The summed E-state index contributed by atoms with van der Waals surface area (Å²) in [6, 6.07) is 7.92. The summed E-state index contributed by atoms with van der Waals surface area (Å²) in [5.41, 5.74) is 0.987. The SMILES string of the molecule is CCOc1ccc(NC(=O)N2CCC3(CCC(=O)N(C4CCCC4)C3)CC2)cc1. The van der Waals surface area contributed by atoms with Gasteiger partial charge in [-0.2, -0.15) is 0 Å². The first kappa shape index (κ1) is 20.0. The number of rotatable bonds is 4. The molecule has 1 saturated carbocycles. The van der Waals surface area contributed by atoms with Gasteiger partial charge in [-0.25, -0.2) is 4.79 Å². The molecule has 1 spiro atoms. The van der Waals surface area contributed by atoms with Gasteiger partial charge < -0.3 is 19.9 Å². The standard InChI is InChI=1S/C23H33N3O3/c1-2-29-20-9-7-18(8-10-20)24-22(28)25-15-13-23(14-16-25)12-11-21(27)26(17-23)19-5-3-4-6-19/h7-10,19H,2-6,11-17H2,1H3,(H,24,28). The Morgan fingerprint density at radius 3 is 2.48 bits per heavy atom. The van der Waals surface area contributed by atoms with Gasteiger partial charge in [0.25, 0.3) is 0 Å². The van der Waals surface area contributed by atoms with Crippen molar-refractivity contribution in [3.63, 3.8) is 0 Å². The highest BCUT2D eigenvalue weighted by atomic mass is 16.5. The molecule has 3 fully saturated rings. The number of anilines is 1. The highest BCUT2D eigenvalue weighted by Gasteiger charge is 2.43. The lowest BCUT2D eigenvalue weighted by Crippen LogP contribution is -2.54. The van der Waals surface area contributed by atoms with E-state index in [1.165, 1.54) is 25.7 Å². The molecule has 0 radical (unpaired) electrons. The summed E-state index contributed by atoms with van der Waals surface area (Å²) < 4.78 is 5.45. The highest BCUT2D eigenvalue weighted by molar-refractivity contribution is 5.89. The molecule has 1 N–H and O–H groups in total. The number of likely N-dealkylation sites (tertiary alicyclic amines) is 2. The zero-order valence-corrected chi connectivity index (χ0v) is 17.5. The molecular weight excluding hydrogens is 366 g/mol. The summed E-state index contributed by atoms with van der Waals surface area (Å²) in [6.45, 7) is 5.00. The predicted octanol–water partition coefficient (Wildman–Crippen LogP) is 4.26. The molecule has 0 atom stereocenters. The molecule has 0 aromatic heterocycles. The van der Waals surface area contributed by atoms with Crippen molar-refractivity contribution in [2.45, 2.75) is 64.3 Å². The molecule has 1 aliphatic carbocycles. The number of hydrogen-bond acceptors (Lipinski definition) is 3. The molecule has 6 heteroatoms. The second-order valence-electron chi connectivity index (χ2n) is 8.83. The Morgan fingerprint density at radius 1 is 1.14 bits per heavy atom. The van der Waals surface area contributed by atoms with Gasteiger partial charge in [0.2, 0.25) is 5.91 Å². The van der Waals surface area contributed by atoms with Crippen LogP contribution in [0.3, 0.4) is 0 Å². The van der Waals surface area contributed by atoms with Crippen molar-refractivity contribution in [2.24, 2.45) is 5.41 Å². The Bertz CT molecular complexity index is 719. The molecule has 0 bridgehead atoms. The Labute approximate surface area is 173 Å². The third kappa shape index (κ3) is 4.51. The van der Waals surface area contributed by atoms with E-state index in [1.54, 1.807) is 0 Å². The van der Waals surface area contributed by atoms with Gasteiger partial charge in [-0.3, -0.25) is 4.79 Å². The van der Waals surface area contributed by atoms with E-state index >= 15 is 0 Å². The average molecular weight is 400 g/mol. The van der Waals surface area contributed by atoms with Crippen molar-refractivity contribution < 1.29 is 14.3 Å². The molecule has 0 unspecified atom stereocenters. The van der Waals surface area contributed by atoms with Crippen molar-refractivity contribution in [1.29, 1.82) is 0 Å². The first-order chi connectivity index (χ1) is 14.1. The fourth-order valence-electron chi connectivity index (χ4n) is 5.19. The van der Waals surface area contributed by atoms with Gasteiger partial charge in [-0.1, -0.05) is 12.8 Å². The highest BCUT2D eigenvalue weighted by Crippen LogP contribution is 2.42. The number of benzene rings is 1. The Morgan fingerprint density at radius 2 is 1.83 bits per heavy atom. The van der Waals surface area contributed by atoms with Crippen LogP contribution in [0.1, 0.15) is 58.3 Å². The number of piperidine rings is 2. The van der Waals surface area contributed by atoms with Crippen LogP contribution in [0.5, 0.6) is 5.75 Å². The largest absolute Gasteiger partial charge is 0.494 e. The third-order valence-electron chi connectivity index (χ3n) is 6.99. The number of nitrogens with one attached hydrogen (secondary N) is 1. The number of amides is 3. The maximum atomic E-state index is 12.7. The van der Waals surface area contributed by atoms with Crippen molar-refractivity contribution >= 4 is 17.6 Å². The molecule has 1 aromatic carbocycles. The maximum Gasteiger partial charge on any atom is 0.321 e. The van der Waals surface area contributed by atoms with Crippen molar-refractivity contribution in [3.05, 3.63) is 24.3 Å². The third-order valence-corrected chi connectivity index (χ3v) is 6.99. The van der Waals surface area contributed by atoms with Crippen LogP contribution in [0.15, 0.2) is 24.3 Å². The predicted molar refractivity (Wildman–Crippen MR) is 113 cm³/mol. The number of ether oxygens (including phenoxy) is 1. The quantitative estimate of drug-likeness (QED) is 0.823.